The van der Waals surface area contributed by atoms with Gasteiger partial charge >= 0.3 is 0 Å². The lowest BCUT2D eigenvalue weighted by Gasteiger charge is -1.95. The van der Waals surface area contributed by atoms with Crippen molar-refractivity contribution in [1.29, 1.82) is 0 Å². The summed E-state index contributed by atoms with van der Waals surface area (Å²) in [5.74, 6) is 1.01. The number of furan rings is 1. The molecule has 1 rings (SSSR count). The van der Waals surface area contributed by atoms with Crippen molar-refractivity contribution >= 4 is 17.6 Å². The zero-order valence-electron chi connectivity index (χ0n) is 5.13. The monoisotopic (exact) mass is 139 g/mol. The molecule has 0 fully saturated rings. The molecule has 1 nitrogen and oxygen atoms in total. The van der Waals surface area contributed by atoms with Crippen molar-refractivity contribution in [2.75, 3.05) is 0 Å². The van der Waals surface area contributed by atoms with Crippen LogP contribution < -0.4 is 0 Å². The highest BCUT2D eigenvalue weighted by atomic mass is 32.1. The molecular weight excluding hydrogens is 132 g/mol. The molecule has 1 radical (unpaired) electrons. The van der Waals surface area contributed by atoms with Crippen LogP contribution >= 0.6 is 12.2 Å². The topological polar surface area (TPSA) is 13.1 Å². The van der Waals surface area contributed by atoms with Gasteiger partial charge in [-0.25, -0.2) is 0 Å². The Balaban J connectivity index is 2.76. The summed E-state index contributed by atoms with van der Waals surface area (Å²) in [6.45, 7) is 1.95. The molecule has 0 aliphatic carbocycles. The van der Waals surface area contributed by atoms with Gasteiger partial charge in [0.05, 0.1) is 12.2 Å². The van der Waals surface area contributed by atoms with Gasteiger partial charge in [-0.15, -0.1) is 0 Å². The Labute approximate surface area is 59.7 Å². The van der Waals surface area contributed by atoms with Crippen LogP contribution in [0.1, 0.15) is 18.6 Å². The Morgan fingerprint density at radius 2 is 2.56 bits per heavy atom. The molecule has 1 aromatic heterocycles. The van der Waals surface area contributed by atoms with Gasteiger partial charge in [0.2, 0.25) is 0 Å². The average Bonchev–Trinajstić information content (AvgIpc) is 2.37. The molecule has 0 bridgehead atoms. The Bertz CT molecular complexity index is 179. The molecule has 0 aliphatic rings. The fourth-order valence-corrected chi connectivity index (χ4v) is 0.712. The third kappa shape index (κ3) is 1.39. The predicted octanol–water partition coefficient (Wildman–Crippen LogP) is 2.26. The third-order valence-electron chi connectivity index (χ3n) is 1.15. The SMILES string of the molecule is CC([C]=S)c1ccco1. The van der Waals surface area contributed by atoms with E-state index < -0.39 is 0 Å². The summed E-state index contributed by atoms with van der Waals surface area (Å²) in [6.07, 6.45) is 1.64. The highest BCUT2D eigenvalue weighted by molar-refractivity contribution is 7.79. The van der Waals surface area contributed by atoms with Crippen LogP contribution in [0.15, 0.2) is 22.8 Å². The summed E-state index contributed by atoms with van der Waals surface area (Å²) >= 11 is 4.61. The fraction of sp³-hybridized carbons (Fsp3) is 0.286. The number of hydrogen-bond donors (Lipinski definition) is 0. The van der Waals surface area contributed by atoms with Gasteiger partial charge in [0.1, 0.15) is 5.76 Å². The van der Waals surface area contributed by atoms with Crippen molar-refractivity contribution < 1.29 is 4.42 Å². The quantitative estimate of drug-likeness (QED) is 0.583. The van der Waals surface area contributed by atoms with Gasteiger partial charge in [-0.05, 0) is 12.1 Å². The van der Waals surface area contributed by atoms with Crippen LogP contribution in [-0.2, 0) is 0 Å². The molecule has 0 saturated heterocycles. The van der Waals surface area contributed by atoms with Crippen LogP contribution in [0, 0.1) is 0 Å². The van der Waals surface area contributed by atoms with Gasteiger partial charge < -0.3 is 4.42 Å². The molecule has 0 amide bonds. The number of hydrogen-bond acceptors (Lipinski definition) is 2. The van der Waals surface area contributed by atoms with Crippen LogP contribution in [0.4, 0.5) is 0 Å². The van der Waals surface area contributed by atoms with E-state index in [1.165, 1.54) is 0 Å². The maximum absolute atomic E-state index is 5.06. The largest absolute Gasteiger partial charge is 0.469 e. The summed E-state index contributed by atoms with van der Waals surface area (Å²) in [4.78, 5) is 0. The molecule has 0 N–H and O–H groups in total. The van der Waals surface area contributed by atoms with Crippen molar-refractivity contribution in [3.63, 3.8) is 0 Å². The standard InChI is InChI=1S/C7H7OS/c1-6(5-9)7-3-2-4-8-7/h2-4,6H,1H3. The van der Waals surface area contributed by atoms with Gasteiger partial charge in [-0.2, -0.15) is 0 Å². The van der Waals surface area contributed by atoms with E-state index in [0.29, 0.717) is 0 Å². The van der Waals surface area contributed by atoms with Gasteiger partial charge in [0.15, 0.2) is 0 Å². The maximum atomic E-state index is 5.06. The first-order valence-electron chi connectivity index (χ1n) is 2.75. The van der Waals surface area contributed by atoms with E-state index in [-0.39, 0.29) is 5.92 Å². The Hall–Kier alpha value is -0.630. The molecule has 0 saturated carbocycles. The first-order chi connectivity index (χ1) is 4.34. The molecule has 9 heavy (non-hydrogen) atoms. The Kier molecular flexibility index (Phi) is 2.01. The molecule has 1 unspecified atom stereocenters. The summed E-state index contributed by atoms with van der Waals surface area (Å²) in [5, 5.41) is 2.66. The van der Waals surface area contributed by atoms with Crippen molar-refractivity contribution in [2.45, 2.75) is 12.8 Å². The van der Waals surface area contributed by atoms with Crippen molar-refractivity contribution in [3.8, 4) is 0 Å². The normalized spacial score (nSPS) is 13.0. The van der Waals surface area contributed by atoms with Gasteiger partial charge in [0.25, 0.3) is 0 Å². The zero-order chi connectivity index (χ0) is 6.69. The van der Waals surface area contributed by atoms with E-state index in [1.54, 1.807) is 6.26 Å². The third-order valence-corrected chi connectivity index (χ3v) is 1.50. The van der Waals surface area contributed by atoms with E-state index in [9.17, 15) is 0 Å². The molecule has 0 spiro atoms. The van der Waals surface area contributed by atoms with Crippen molar-refractivity contribution in [3.05, 3.63) is 24.2 Å². The first kappa shape index (κ1) is 6.49. The molecule has 1 heterocycles. The van der Waals surface area contributed by atoms with Crippen molar-refractivity contribution in [1.82, 2.24) is 0 Å². The van der Waals surface area contributed by atoms with Crippen LogP contribution in [-0.4, -0.2) is 5.37 Å². The lowest BCUT2D eigenvalue weighted by Crippen LogP contribution is -1.88. The Morgan fingerprint density at radius 1 is 1.78 bits per heavy atom. The van der Waals surface area contributed by atoms with Gasteiger partial charge in [-0.3, -0.25) is 0 Å². The highest BCUT2D eigenvalue weighted by Crippen LogP contribution is 2.12. The van der Waals surface area contributed by atoms with Crippen LogP contribution in [0.3, 0.4) is 0 Å². The lowest BCUT2D eigenvalue weighted by molar-refractivity contribution is 0.508. The minimum Gasteiger partial charge on any atom is -0.469 e. The lowest BCUT2D eigenvalue weighted by atomic mass is 10.2. The molecule has 1 atom stereocenters. The molecular formula is C7H7OS. The zero-order valence-corrected chi connectivity index (χ0v) is 5.94. The van der Waals surface area contributed by atoms with Crippen LogP contribution in [0.2, 0.25) is 0 Å². The van der Waals surface area contributed by atoms with E-state index >= 15 is 0 Å². The smallest absolute Gasteiger partial charge is 0.111 e. The molecule has 47 valence electrons. The van der Waals surface area contributed by atoms with Crippen molar-refractivity contribution in [2.24, 2.45) is 0 Å². The minimum absolute atomic E-state index is 0.134. The second-order valence-electron chi connectivity index (χ2n) is 1.85. The molecule has 2 heteroatoms. The fourth-order valence-electron chi connectivity index (χ4n) is 0.596. The van der Waals surface area contributed by atoms with E-state index in [4.69, 9.17) is 4.42 Å². The van der Waals surface area contributed by atoms with E-state index in [2.05, 4.69) is 17.6 Å². The number of rotatable bonds is 2. The second kappa shape index (κ2) is 2.78. The summed E-state index contributed by atoms with van der Waals surface area (Å²) in [7, 11) is 0. The van der Waals surface area contributed by atoms with Crippen LogP contribution in [0.25, 0.3) is 0 Å². The minimum atomic E-state index is 0.134. The van der Waals surface area contributed by atoms with E-state index in [0.717, 1.165) is 5.76 Å². The average molecular weight is 139 g/mol. The summed E-state index contributed by atoms with van der Waals surface area (Å²) < 4.78 is 5.06. The molecule has 0 aromatic carbocycles. The predicted molar refractivity (Wildman–Crippen MR) is 39.7 cm³/mol. The summed E-state index contributed by atoms with van der Waals surface area (Å²) in [6, 6.07) is 3.74. The first-order valence-corrected chi connectivity index (χ1v) is 3.16. The highest BCUT2D eigenvalue weighted by Gasteiger charge is 2.02. The Morgan fingerprint density at radius 3 is 3.00 bits per heavy atom. The van der Waals surface area contributed by atoms with Crippen LogP contribution in [0.5, 0.6) is 0 Å². The maximum Gasteiger partial charge on any atom is 0.111 e. The molecule has 1 aromatic rings. The van der Waals surface area contributed by atoms with Gasteiger partial charge in [0, 0.05) is 5.37 Å². The molecule has 0 aliphatic heterocycles. The van der Waals surface area contributed by atoms with E-state index in [1.807, 2.05) is 19.1 Å². The van der Waals surface area contributed by atoms with Gasteiger partial charge in [-0.1, -0.05) is 19.1 Å². The summed E-state index contributed by atoms with van der Waals surface area (Å²) in [5.41, 5.74) is 0. The second-order valence-corrected chi connectivity index (χ2v) is 2.09. The number of thiocarbonyl (C=S) groups is 1.